The van der Waals surface area contributed by atoms with Crippen LogP contribution in [0.1, 0.15) is 12.8 Å². The molecule has 0 bridgehead atoms. The molecule has 0 aliphatic heterocycles. The Morgan fingerprint density at radius 1 is 0.840 bits per heavy atom. The Bertz CT molecular complexity index is 772. The first-order chi connectivity index (χ1) is 11.8. The van der Waals surface area contributed by atoms with Gasteiger partial charge in [0, 0.05) is 5.69 Å². The molecule has 7 heteroatoms. The Kier molecular flexibility index (Phi) is 5.51. The molecule has 130 valence electrons. The lowest BCUT2D eigenvalue weighted by molar-refractivity contribution is -0.167. The topological polar surface area (TPSA) is 124 Å². The first kappa shape index (κ1) is 18.2. The average Bonchev–Trinajstić information content (AvgIpc) is 2.55. The van der Waals surface area contributed by atoms with Crippen LogP contribution in [0.5, 0.6) is 0 Å². The lowest BCUT2D eigenvalue weighted by Gasteiger charge is -2.20. The zero-order chi connectivity index (χ0) is 18.4. The molecule has 7 nitrogen and oxygen atoms in total. The summed E-state index contributed by atoms with van der Waals surface area (Å²) in [7, 11) is 0. The Labute approximate surface area is 143 Å². The minimum absolute atomic E-state index is 0.410. The number of hydrogen-bond donors (Lipinski definition) is 4. The molecule has 0 heterocycles. The second-order valence-corrected chi connectivity index (χ2v) is 5.58. The molecular formula is C18H17NO6. The monoisotopic (exact) mass is 343 g/mol. The maximum Gasteiger partial charge on any atom is 0.336 e. The van der Waals surface area contributed by atoms with Crippen molar-refractivity contribution in [2.75, 3.05) is 5.32 Å². The van der Waals surface area contributed by atoms with Gasteiger partial charge in [0.2, 0.25) is 5.91 Å². The fourth-order valence-corrected chi connectivity index (χ4v) is 2.31. The van der Waals surface area contributed by atoms with Crippen molar-refractivity contribution in [2.24, 2.45) is 0 Å². The molecule has 1 atom stereocenters. The zero-order valence-electron chi connectivity index (χ0n) is 13.2. The number of aliphatic hydroxyl groups is 1. The number of benzene rings is 2. The van der Waals surface area contributed by atoms with Crippen LogP contribution in [-0.2, 0) is 14.4 Å². The second kappa shape index (κ2) is 7.59. The summed E-state index contributed by atoms with van der Waals surface area (Å²) in [5, 5.41) is 30.0. The molecular weight excluding hydrogens is 326 g/mol. The Morgan fingerprint density at radius 2 is 1.40 bits per heavy atom. The molecule has 25 heavy (non-hydrogen) atoms. The van der Waals surface area contributed by atoms with Crippen molar-refractivity contribution >= 4 is 23.5 Å². The number of carbonyl (C=O) groups is 3. The fourth-order valence-electron chi connectivity index (χ4n) is 2.31. The van der Waals surface area contributed by atoms with Gasteiger partial charge < -0.3 is 20.6 Å². The molecule has 0 saturated heterocycles. The quantitative estimate of drug-likeness (QED) is 0.609. The van der Waals surface area contributed by atoms with Gasteiger partial charge in [0.1, 0.15) is 0 Å². The first-order valence-corrected chi connectivity index (χ1v) is 7.43. The van der Waals surface area contributed by atoms with Gasteiger partial charge in [0.05, 0.1) is 12.8 Å². The van der Waals surface area contributed by atoms with Gasteiger partial charge >= 0.3 is 11.9 Å². The molecule has 0 aliphatic rings. The van der Waals surface area contributed by atoms with Gasteiger partial charge in [0.15, 0.2) is 5.60 Å². The average molecular weight is 343 g/mol. The fraction of sp³-hybridized carbons (Fsp3) is 0.167. The number of rotatable bonds is 7. The summed E-state index contributed by atoms with van der Waals surface area (Å²) in [6, 6.07) is 16.4. The Morgan fingerprint density at radius 3 is 1.92 bits per heavy atom. The molecule has 0 saturated carbocycles. The van der Waals surface area contributed by atoms with E-state index >= 15 is 0 Å². The van der Waals surface area contributed by atoms with Crippen molar-refractivity contribution < 1.29 is 29.7 Å². The van der Waals surface area contributed by atoms with Crippen LogP contribution in [0.2, 0.25) is 0 Å². The van der Waals surface area contributed by atoms with Crippen LogP contribution in [-0.4, -0.2) is 38.8 Å². The van der Waals surface area contributed by atoms with Gasteiger partial charge in [-0.3, -0.25) is 9.59 Å². The van der Waals surface area contributed by atoms with E-state index in [1.54, 1.807) is 24.3 Å². The number of carbonyl (C=O) groups excluding carboxylic acids is 1. The number of anilines is 1. The predicted octanol–water partition coefficient (Wildman–Crippen LogP) is 1.97. The second-order valence-electron chi connectivity index (χ2n) is 5.58. The highest BCUT2D eigenvalue weighted by molar-refractivity contribution is 5.96. The number of carboxylic acids is 2. The molecule has 0 spiro atoms. The molecule has 0 radical (unpaired) electrons. The third-order valence-corrected chi connectivity index (χ3v) is 3.57. The lowest BCUT2D eigenvalue weighted by Crippen LogP contribution is -2.43. The number of nitrogens with one attached hydrogen (secondary N) is 1. The maximum absolute atomic E-state index is 11.9. The molecule has 2 aromatic carbocycles. The summed E-state index contributed by atoms with van der Waals surface area (Å²) < 4.78 is 0. The van der Waals surface area contributed by atoms with Crippen molar-refractivity contribution in [3.05, 3.63) is 54.6 Å². The van der Waals surface area contributed by atoms with Gasteiger partial charge in [0.25, 0.3) is 0 Å². The smallest absolute Gasteiger partial charge is 0.336 e. The number of carboxylic acid groups (broad SMARTS) is 2. The van der Waals surface area contributed by atoms with E-state index in [1.807, 2.05) is 30.3 Å². The van der Waals surface area contributed by atoms with Gasteiger partial charge in [-0.25, -0.2) is 4.79 Å². The van der Waals surface area contributed by atoms with Crippen molar-refractivity contribution in [1.29, 1.82) is 0 Å². The Hall–Kier alpha value is -3.19. The van der Waals surface area contributed by atoms with E-state index < -0.39 is 36.3 Å². The van der Waals surface area contributed by atoms with Crippen LogP contribution >= 0.6 is 0 Å². The van der Waals surface area contributed by atoms with E-state index in [9.17, 15) is 19.5 Å². The molecule has 0 aliphatic carbocycles. The van der Waals surface area contributed by atoms with Crippen molar-refractivity contribution in [1.82, 2.24) is 0 Å². The highest BCUT2D eigenvalue weighted by Gasteiger charge is 2.40. The highest BCUT2D eigenvalue weighted by Crippen LogP contribution is 2.22. The summed E-state index contributed by atoms with van der Waals surface area (Å²) in [5.74, 6) is -4.06. The predicted molar refractivity (Wildman–Crippen MR) is 90.0 cm³/mol. The zero-order valence-corrected chi connectivity index (χ0v) is 13.2. The number of hydrogen-bond acceptors (Lipinski definition) is 4. The minimum Gasteiger partial charge on any atom is -0.481 e. The third-order valence-electron chi connectivity index (χ3n) is 3.57. The van der Waals surface area contributed by atoms with E-state index in [-0.39, 0.29) is 0 Å². The first-order valence-electron chi connectivity index (χ1n) is 7.43. The molecule has 1 amide bonds. The molecule has 2 rings (SSSR count). The van der Waals surface area contributed by atoms with Crippen LogP contribution in [0.25, 0.3) is 11.1 Å². The number of amides is 1. The van der Waals surface area contributed by atoms with E-state index in [4.69, 9.17) is 10.2 Å². The number of aliphatic carboxylic acids is 2. The van der Waals surface area contributed by atoms with Gasteiger partial charge in [-0.2, -0.15) is 0 Å². The summed E-state index contributed by atoms with van der Waals surface area (Å²) in [5.41, 5.74) is -0.304. The molecule has 1 unspecified atom stereocenters. The molecule has 0 aromatic heterocycles. The highest BCUT2D eigenvalue weighted by atomic mass is 16.4. The van der Waals surface area contributed by atoms with Crippen molar-refractivity contribution in [3.8, 4) is 11.1 Å². The van der Waals surface area contributed by atoms with E-state index in [1.165, 1.54) is 0 Å². The molecule has 4 N–H and O–H groups in total. The third kappa shape index (κ3) is 4.89. The van der Waals surface area contributed by atoms with Crippen LogP contribution in [0.15, 0.2) is 54.6 Å². The normalized spacial score (nSPS) is 12.8. The summed E-state index contributed by atoms with van der Waals surface area (Å²) >= 11 is 0. The van der Waals surface area contributed by atoms with Gasteiger partial charge in [-0.15, -0.1) is 0 Å². The summed E-state index contributed by atoms with van der Waals surface area (Å²) in [4.78, 5) is 33.7. The van der Waals surface area contributed by atoms with Crippen LogP contribution < -0.4 is 5.32 Å². The lowest BCUT2D eigenvalue weighted by atomic mass is 9.95. The van der Waals surface area contributed by atoms with Crippen LogP contribution in [0.4, 0.5) is 5.69 Å². The minimum atomic E-state index is -2.65. The van der Waals surface area contributed by atoms with Crippen LogP contribution in [0, 0.1) is 0 Å². The SMILES string of the molecule is O=C(O)CC(O)(CC(=O)Nc1ccc(-c2ccccc2)cc1)C(=O)O. The summed E-state index contributed by atoms with van der Waals surface area (Å²) in [6.45, 7) is 0. The summed E-state index contributed by atoms with van der Waals surface area (Å²) in [6.07, 6.45) is -1.93. The Balaban J connectivity index is 2.05. The maximum atomic E-state index is 11.9. The van der Waals surface area contributed by atoms with Gasteiger partial charge in [-0.1, -0.05) is 42.5 Å². The van der Waals surface area contributed by atoms with Gasteiger partial charge in [-0.05, 0) is 23.3 Å². The largest absolute Gasteiger partial charge is 0.481 e. The van der Waals surface area contributed by atoms with Crippen LogP contribution in [0.3, 0.4) is 0 Å². The van der Waals surface area contributed by atoms with E-state index in [0.29, 0.717) is 5.69 Å². The molecule has 0 fully saturated rings. The van der Waals surface area contributed by atoms with Crippen molar-refractivity contribution in [2.45, 2.75) is 18.4 Å². The molecule has 2 aromatic rings. The standard InChI is InChI=1S/C18H17NO6/c20-15(10-18(25,17(23)24)11-16(21)22)19-14-8-6-13(7-9-14)12-4-2-1-3-5-12/h1-9,25H,10-11H2,(H,19,20)(H,21,22)(H,23,24). The van der Waals surface area contributed by atoms with E-state index in [2.05, 4.69) is 5.32 Å². The van der Waals surface area contributed by atoms with E-state index in [0.717, 1.165) is 11.1 Å². The van der Waals surface area contributed by atoms with Crippen molar-refractivity contribution in [3.63, 3.8) is 0 Å².